The molecular weight excluding hydrogens is 250 g/mol. The van der Waals surface area contributed by atoms with Gasteiger partial charge in [0.2, 0.25) is 0 Å². The van der Waals surface area contributed by atoms with Gasteiger partial charge in [0.1, 0.15) is 18.1 Å². The van der Waals surface area contributed by atoms with Crippen LogP contribution in [0.15, 0.2) is 18.2 Å². The van der Waals surface area contributed by atoms with Gasteiger partial charge in [-0.15, -0.1) is 0 Å². The molecule has 0 radical (unpaired) electrons. The first-order chi connectivity index (χ1) is 9.61. The zero-order chi connectivity index (χ0) is 14.5. The number of nitrogens with one attached hydrogen (secondary N) is 2. The van der Waals surface area contributed by atoms with E-state index < -0.39 is 0 Å². The zero-order valence-corrected chi connectivity index (χ0v) is 12.7. The predicted octanol–water partition coefficient (Wildman–Crippen LogP) is 3.02. The second kappa shape index (κ2) is 6.57. The molecule has 0 unspecified atom stereocenters. The third-order valence-electron chi connectivity index (χ3n) is 3.41. The molecule has 1 aromatic heterocycles. The Kier molecular flexibility index (Phi) is 4.79. The summed E-state index contributed by atoms with van der Waals surface area (Å²) in [5.74, 6) is 0.922. The summed E-state index contributed by atoms with van der Waals surface area (Å²) >= 11 is 0. The Balaban J connectivity index is 2.07. The van der Waals surface area contributed by atoms with Crippen LogP contribution in [0.2, 0.25) is 0 Å². The van der Waals surface area contributed by atoms with Crippen LogP contribution in [0.1, 0.15) is 35.0 Å². The number of nitrogens with zero attached hydrogens (tertiary/aromatic N) is 1. The van der Waals surface area contributed by atoms with E-state index in [0.29, 0.717) is 6.61 Å². The molecule has 108 valence electrons. The number of benzene rings is 1. The van der Waals surface area contributed by atoms with Gasteiger partial charge in [0.05, 0.1) is 0 Å². The van der Waals surface area contributed by atoms with Gasteiger partial charge in [0.15, 0.2) is 0 Å². The summed E-state index contributed by atoms with van der Waals surface area (Å²) in [7, 11) is 0. The molecule has 0 aliphatic rings. The molecular formula is C16H23N3O. The predicted molar refractivity (Wildman–Crippen MR) is 81.0 cm³/mol. The summed E-state index contributed by atoms with van der Waals surface area (Å²) < 4.78 is 5.90. The van der Waals surface area contributed by atoms with E-state index in [-0.39, 0.29) is 0 Å². The second-order valence-electron chi connectivity index (χ2n) is 5.11. The number of aryl methyl sites for hydroxylation is 3. The van der Waals surface area contributed by atoms with Crippen molar-refractivity contribution in [3.8, 4) is 5.75 Å². The Morgan fingerprint density at radius 3 is 2.75 bits per heavy atom. The van der Waals surface area contributed by atoms with Gasteiger partial charge < -0.3 is 10.1 Å². The minimum absolute atomic E-state index is 0.495. The topological polar surface area (TPSA) is 49.9 Å². The first-order valence-corrected chi connectivity index (χ1v) is 7.05. The number of aromatic amines is 1. The lowest BCUT2D eigenvalue weighted by molar-refractivity contribution is 0.297. The molecule has 0 bridgehead atoms. The average molecular weight is 273 g/mol. The van der Waals surface area contributed by atoms with E-state index in [4.69, 9.17) is 4.74 Å². The molecule has 0 saturated carbocycles. The van der Waals surface area contributed by atoms with Crippen molar-refractivity contribution < 1.29 is 4.74 Å². The number of rotatable bonds is 6. The van der Waals surface area contributed by atoms with E-state index in [1.165, 1.54) is 11.1 Å². The van der Waals surface area contributed by atoms with Gasteiger partial charge in [-0.3, -0.25) is 5.10 Å². The molecule has 4 nitrogen and oxygen atoms in total. The molecule has 20 heavy (non-hydrogen) atoms. The van der Waals surface area contributed by atoms with Gasteiger partial charge in [-0.2, -0.15) is 5.10 Å². The number of H-pyrrole nitrogens is 1. The van der Waals surface area contributed by atoms with Gasteiger partial charge in [-0.25, -0.2) is 0 Å². The maximum atomic E-state index is 5.90. The van der Waals surface area contributed by atoms with Crippen LogP contribution in [0.25, 0.3) is 0 Å². The summed E-state index contributed by atoms with van der Waals surface area (Å²) in [5, 5.41) is 10.7. The van der Waals surface area contributed by atoms with Crippen LogP contribution in [0.5, 0.6) is 5.75 Å². The highest BCUT2D eigenvalue weighted by molar-refractivity contribution is 5.36. The fraction of sp³-hybridized carbons (Fsp3) is 0.438. The Hall–Kier alpha value is -1.81. The van der Waals surface area contributed by atoms with E-state index in [2.05, 4.69) is 48.4 Å². The molecule has 2 rings (SSSR count). The van der Waals surface area contributed by atoms with Crippen molar-refractivity contribution >= 4 is 0 Å². The maximum absolute atomic E-state index is 5.90. The molecule has 0 aliphatic carbocycles. The van der Waals surface area contributed by atoms with Gasteiger partial charge >= 0.3 is 0 Å². The van der Waals surface area contributed by atoms with E-state index in [9.17, 15) is 0 Å². The molecule has 2 aromatic rings. The van der Waals surface area contributed by atoms with E-state index in [0.717, 1.165) is 35.8 Å². The average Bonchev–Trinajstić information content (AvgIpc) is 2.76. The Morgan fingerprint density at radius 1 is 1.25 bits per heavy atom. The number of ether oxygens (including phenoxy) is 1. The van der Waals surface area contributed by atoms with Crippen molar-refractivity contribution in [3.63, 3.8) is 0 Å². The van der Waals surface area contributed by atoms with Crippen LogP contribution in [-0.2, 0) is 13.2 Å². The highest BCUT2D eigenvalue weighted by atomic mass is 16.5. The number of aromatic nitrogens is 2. The number of hydrogen-bond acceptors (Lipinski definition) is 3. The molecule has 1 heterocycles. The standard InChI is InChI=1S/C16H23N3O/c1-5-17-9-14-13(4)18-19-15(14)10-20-16-7-6-11(2)8-12(16)3/h6-8,17H,5,9-10H2,1-4H3,(H,18,19). The zero-order valence-electron chi connectivity index (χ0n) is 12.7. The van der Waals surface area contributed by atoms with Crippen LogP contribution in [-0.4, -0.2) is 16.7 Å². The summed E-state index contributed by atoms with van der Waals surface area (Å²) in [6.07, 6.45) is 0. The van der Waals surface area contributed by atoms with Crippen LogP contribution >= 0.6 is 0 Å². The van der Waals surface area contributed by atoms with Crippen LogP contribution in [0.3, 0.4) is 0 Å². The van der Waals surface area contributed by atoms with Crippen molar-refractivity contribution in [1.82, 2.24) is 15.5 Å². The minimum Gasteiger partial charge on any atom is -0.487 e. The smallest absolute Gasteiger partial charge is 0.132 e. The first kappa shape index (κ1) is 14.6. The fourth-order valence-electron chi connectivity index (χ4n) is 2.21. The van der Waals surface area contributed by atoms with Crippen LogP contribution in [0, 0.1) is 20.8 Å². The summed E-state index contributed by atoms with van der Waals surface area (Å²) in [4.78, 5) is 0. The van der Waals surface area contributed by atoms with Crippen LogP contribution < -0.4 is 10.1 Å². The summed E-state index contributed by atoms with van der Waals surface area (Å²) in [6, 6.07) is 6.22. The molecule has 0 aliphatic heterocycles. The lowest BCUT2D eigenvalue weighted by atomic mass is 10.1. The molecule has 0 spiro atoms. The van der Waals surface area contributed by atoms with Gasteiger partial charge in [0.25, 0.3) is 0 Å². The van der Waals surface area contributed by atoms with Crippen LogP contribution in [0.4, 0.5) is 0 Å². The van der Waals surface area contributed by atoms with Gasteiger partial charge in [-0.1, -0.05) is 24.6 Å². The minimum atomic E-state index is 0.495. The molecule has 0 amide bonds. The van der Waals surface area contributed by atoms with Crippen molar-refractivity contribution in [3.05, 3.63) is 46.3 Å². The third-order valence-corrected chi connectivity index (χ3v) is 3.41. The lowest BCUT2D eigenvalue weighted by Gasteiger charge is -2.10. The Bertz CT molecular complexity index is 575. The molecule has 0 saturated heterocycles. The van der Waals surface area contributed by atoms with E-state index >= 15 is 0 Å². The van der Waals surface area contributed by atoms with E-state index in [1.807, 2.05) is 13.0 Å². The highest BCUT2D eigenvalue weighted by Crippen LogP contribution is 2.21. The largest absolute Gasteiger partial charge is 0.487 e. The van der Waals surface area contributed by atoms with Gasteiger partial charge in [-0.05, 0) is 38.9 Å². The Labute approximate surface area is 120 Å². The van der Waals surface area contributed by atoms with E-state index in [1.54, 1.807) is 0 Å². The molecule has 2 N–H and O–H groups in total. The highest BCUT2D eigenvalue weighted by Gasteiger charge is 2.11. The molecule has 0 atom stereocenters. The normalized spacial score (nSPS) is 10.8. The molecule has 4 heteroatoms. The van der Waals surface area contributed by atoms with Crippen molar-refractivity contribution in [1.29, 1.82) is 0 Å². The SMILES string of the molecule is CCNCc1c(COc2ccc(C)cc2C)n[nH]c1C. The second-order valence-corrected chi connectivity index (χ2v) is 5.11. The van der Waals surface area contributed by atoms with Crippen molar-refractivity contribution in [2.45, 2.75) is 40.8 Å². The van der Waals surface area contributed by atoms with Crippen molar-refractivity contribution in [2.24, 2.45) is 0 Å². The summed E-state index contributed by atoms with van der Waals surface area (Å²) in [6.45, 7) is 10.6. The number of hydrogen-bond donors (Lipinski definition) is 2. The van der Waals surface area contributed by atoms with Gasteiger partial charge in [0, 0.05) is 17.8 Å². The maximum Gasteiger partial charge on any atom is 0.132 e. The molecule has 0 fully saturated rings. The monoisotopic (exact) mass is 273 g/mol. The quantitative estimate of drug-likeness (QED) is 0.850. The Morgan fingerprint density at radius 2 is 2.05 bits per heavy atom. The first-order valence-electron chi connectivity index (χ1n) is 7.05. The lowest BCUT2D eigenvalue weighted by Crippen LogP contribution is -2.14. The van der Waals surface area contributed by atoms with Crippen molar-refractivity contribution in [2.75, 3.05) is 6.54 Å². The third kappa shape index (κ3) is 3.39. The molecule has 1 aromatic carbocycles. The summed E-state index contributed by atoms with van der Waals surface area (Å²) in [5.41, 5.74) is 5.69. The fourth-order valence-corrected chi connectivity index (χ4v) is 2.21.